The highest BCUT2D eigenvalue weighted by Gasteiger charge is 2.30. The van der Waals surface area contributed by atoms with Gasteiger partial charge in [-0.25, -0.2) is 13.2 Å². The number of nitrogens with two attached hydrogens (primary N) is 1. The topological polar surface area (TPSA) is 107 Å². The minimum absolute atomic E-state index is 0.0136. The Bertz CT molecular complexity index is 729. The largest absolute Gasteiger partial charge is 0.449 e. The van der Waals surface area contributed by atoms with Crippen LogP contribution in [0.15, 0.2) is 23.1 Å². The average Bonchev–Trinajstić information content (AvgIpc) is 3.02. The van der Waals surface area contributed by atoms with Crippen LogP contribution in [0.3, 0.4) is 0 Å². The molecule has 0 spiro atoms. The molecule has 0 bridgehead atoms. The third-order valence-electron chi connectivity index (χ3n) is 3.53. The summed E-state index contributed by atoms with van der Waals surface area (Å²) in [6.07, 6.45) is 0.459. The van der Waals surface area contributed by atoms with E-state index in [1.54, 1.807) is 0 Å². The van der Waals surface area contributed by atoms with Gasteiger partial charge in [-0.15, -0.1) is 0 Å². The van der Waals surface area contributed by atoms with Crippen LogP contribution in [-0.4, -0.2) is 43.8 Å². The number of nitrogens with zero attached hydrogens (tertiary/aromatic N) is 1. The maximum absolute atomic E-state index is 12.6. The van der Waals surface area contributed by atoms with Crippen LogP contribution in [0.25, 0.3) is 0 Å². The van der Waals surface area contributed by atoms with Crippen LogP contribution in [-0.2, 0) is 19.6 Å². The number of hydrogen-bond acceptors (Lipinski definition) is 5. The minimum atomic E-state index is -3.77. The second kappa shape index (κ2) is 6.86. The molecule has 1 aliphatic rings. The van der Waals surface area contributed by atoms with Gasteiger partial charge in [0.2, 0.25) is 10.0 Å². The number of halogens is 1. The molecular weight excluding hydrogens is 344 g/mol. The summed E-state index contributed by atoms with van der Waals surface area (Å²) in [6, 6.07) is 3.81. The fraction of sp³-hybridized carbons (Fsp3) is 0.429. The lowest BCUT2D eigenvalue weighted by Gasteiger charge is -2.17. The van der Waals surface area contributed by atoms with Crippen LogP contribution in [0.2, 0.25) is 5.02 Å². The Labute approximate surface area is 139 Å². The fourth-order valence-electron chi connectivity index (χ4n) is 2.18. The molecule has 2 N–H and O–H groups in total. The highest BCUT2D eigenvalue weighted by atomic mass is 35.5. The first-order valence-electron chi connectivity index (χ1n) is 7.03. The third-order valence-corrected chi connectivity index (χ3v) is 5.91. The molecule has 9 heteroatoms. The van der Waals surface area contributed by atoms with E-state index in [1.165, 1.54) is 23.4 Å². The van der Waals surface area contributed by atoms with E-state index in [4.69, 9.17) is 22.1 Å². The average molecular weight is 361 g/mol. The summed E-state index contributed by atoms with van der Waals surface area (Å²) in [5.41, 5.74) is 5.01. The number of benzene rings is 1. The molecule has 0 unspecified atom stereocenters. The van der Waals surface area contributed by atoms with Crippen molar-refractivity contribution in [2.24, 2.45) is 5.73 Å². The molecule has 0 aliphatic carbocycles. The molecule has 1 aromatic carbocycles. The van der Waals surface area contributed by atoms with Crippen molar-refractivity contribution >= 4 is 33.5 Å². The van der Waals surface area contributed by atoms with Gasteiger partial charge >= 0.3 is 5.97 Å². The maximum Gasteiger partial charge on any atom is 0.338 e. The molecule has 1 aromatic rings. The molecule has 1 aliphatic heterocycles. The van der Waals surface area contributed by atoms with E-state index in [2.05, 4.69) is 0 Å². The molecule has 23 heavy (non-hydrogen) atoms. The molecule has 0 saturated carbocycles. The van der Waals surface area contributed by atoms with Crippen molar-refractivity contribution in [3.63, 3.8) is 0 Å². The summed E-state index contributed by atoms with van der Waals surface area (Å²) >= 11 is 5.99. The fourth-order valence-corrected chi connectivity index (χ4v) is 4.20. The lowest BCUT2D eigenvalue weighted by atomic mass is 10.2. The molecule has 0 radical (unpaired) electrons. The second-order valence-corrected chi connectivity index (χ2v) is 7.52. The Kier molecular flexibility index (Phi) is 5.28. The van der Waals surface area contributed by atoms with Gasteiger partial charge in [-0.3, -0.25) is 4.79 Å². The molecule has 7 nitrogen and oxygen atoms in total. The van der Waals surface area contributed by atoms with E-state index in [0.29, 0.717) is 13.1 Å². The van der Waals surface area contributed by atoms with Crippen molar-refractivity contribution in [1.82, 2.24) is 4.31 Å². The lowest BCUT2D eigenvalue weighted by molar-refractivity contribution is -0.125. The quantitative estimate of drug-likeness (QED) is 0.793. The number of ether oxygens (including phenoxy) is 1. The summed E-state index contributed by atoms with van der Waals surface area (Å²) in [5.74, 6) is -1.64. The van der Waals surface area contributed by atoms with Gasteiger partial charge in [-0.05, 0) is 38.0 Å². The van der Waals surface area contributed by atoms with E-state index < -0.39 is 28.0 Å². The van der Waals surface area contributed by atoms with Gasteiger partial charge < -0.3 is 10.5 Å². The van der Waals surface area contributed by atoms with E-state index in [-0.39, 0.29) is 15.5 Å². The van der Waals surface area contributed by atoms with E-state index in [0.717, 1.165) is 18.9 Å². The predicted molar refractivity (Wildman–Crippen MR) is 83.5 cm³/mol. The molecule has 0 aromatic heterocycles. The van der Waals surface area contributed by atoms with Crippen LogP contribution in [0.4, 0.5) is 0 Å². The number of rotatable bonds is 5. The normalized spacial score (nSPS) is 17.0. The van der Waals surface area contributed by atoms with Gasteiger partial charge in [0, 0.05) is 13.1 Å². The van der Waals surface area contributed by atoms with Gasteiger partial charge in [0.25, 0.3) is 5.91 Å². The van der Waals surface area contributed by atoms with E-state index >= 15 is 0 Å². The van der Waals surface area contributed by atoms with Crippen LogP contribution in [0.5, 0.6) is 0 Å². The van der Waals surface area contributed by atoms with Gasteiger partial charge in [-0.1, -0.05) is 11.6 Å². The Balaban J connectivity index is 2.32. The van der Waals surface area contributed by atoms with Gasteiger partial charge in [0.15, 0.2) is 6.10 Å². The van der Waals surface area contributed by atoms with Crippen molar-refractivity contribution in [2.45, 2.75) is 30.8 Å². The Morgan fingerprint density at radius 2 is 1.91 bits per heavy atom. The van der Waals surface area contributed by atoms with Crippen molar-refractivity contribution in [1.29, 1.82) is 0 Å². The first-order valence-corrected chi connectivity index (χ1v) is 8.85. The SMILES string of the molecule is C[C@H](OC(=O)c1ccc(Cl)c(S(=O)(=O)N2CCCC2)c1)C(N)=O. The van der Waals surface area contributed by atoms with Crippen LogP contribution in [0.1, 0.15) is 30.1 Å². The standard InChI is InChI=1S/C14H17ClN2O5S/c1-9(13(16)18)22-14(19)10-4-5-11(15)12(8-10)23(20,21)17-6-2-3-7-17/h4-5,8-9H,2-3,6-7H2,1H3,(H2,16,18)/t9-/m0/s1. The molecule has 2 rings (SSSR count). The third kappa shape index (κ3) is 3.82. The molecule has 1 atom stereocenters. The number of sulfonamides is 1. The summed E-state index contributed by atoms with van der Waals surface area (Å²) in [6.45, 7) is 2.18. The van der Waals surface area contributed by atoms with Crippen LogP contribution < -0.4 is 5.73 Å². The first-order chi connectivity index (χ1) is 10.7. The van der Waals surface area contributed by atoms with Crippen molar-refractivity contribution in [3.8, 4) is 0 Å². The van der Waals surface area contributed by atoms with Gasteiger partial charge in [0.1, 0.15) is 4.90 Å². The van der Waals surface area contributed by atoms with Crippen molar-refractivity contribution in [2.75, 3.05) is 13.1 Å². The molecular formula is C14H17ClN2O5S. The molecule has 1 amide bonds. The van der Waals surface area contributed by atoms with E-state index in [1.807, 2.05) is 0 Å². The summed E-state index contributed by atoms with van der Waals surface area (Å²) in [5, 5.41) is 0.0244. The molecule has 1 fully saturated rings. The smallest absolute Gasteiger partial charge is 0.338 e. The summed E-state index contributed by atoms with van der Waals surface area (Å²) < 4.78 is 31.3. The van der Waals surface area contributed by atoms with Gasteiger partial charge in [0.05, 0.1) is 10.6 Å². The zero-order chi connectivity index (χ0) is 17.2. The van der Waals surface area contributed by atoms with Crippen LogP contribution in [0, 0.1) is 0 Å². The lowest BCUT2D eigenvalue weighted by Crippen LogP contribution is -2.31. The number of carbonyl (C=O) groups is 2. The van der Waals surface area contributed by atoms with Crippen LogP contribution >= 0.6 is 11.6 Å². The van der Waals surface area contributed by atoms with Crippen molar-refractivity contribution in [3.05, 3.63) is 28.8 Å². The Hall–Kier alpha value is -1.64. The molecule has 1 heterocycles. The zero-order valence-electron chi connectivity index (χ0n) is 12.5. The summed E-state index contributed by atoms with van der Waals surface area (Å²) in [7, 11) is -3.77. The Morgan fingerprint density at radius 1 is 1.30 bits per heavy atom. The second-order valence-electron chi connectivity index (χ2n) is 5.21. The highest BCUT2D eigenvalue weighted by Crippen LogP contribution is 2.28. The predicted octanol–water partition coefficient (Wildman–Crippen LogP) is 1.16. The maximum atomic E-state index is 12.6. The monoisotopic (exact) mass is 360 g/mol. The van der Waals surface area contributed by atoms with Crippen molar-refractivity contribution < 1.29 is 22.7 Å². The van der Waals surface area contributed by atoms with E-state index in [9.17, 15) is 18.0 Å². The number of carbonyl (C=O) groups excluding carboxylic acids is 2. The number of primary amides is 1. The summed E-state index contributed by atoms with van der Waals surface area (Å²) in [4.78, 5) is 22.8. The number of esters is 1. The number of hydrogen-bond donors (Lipinski definition) is 1. The highest BCUT2D eigenvalue weighted by molar-refractivity contribution is 7.89. The first kappa shape index (κ1) is 17.7. The molecule has 1 saturated heterocycles. The molecule has 126 valence electrons. The minimum Gasteiger partial charge on any atom is -0.449 e. The zero-order valence-corrected chi connectivity index (χ0v) is 14.1. The number of amides is 1. The Morgan fingerprint density at radius 3 is 2.48 bits per heavy atom. The van der Waals surface area contributed by atoms with Gasteiger partial charge in [-0.2, -0.15) is 4.31 Å².